The van der Waals surface area contributed by atoms with Gasteiger partial charge in [0.1, 0.15) is 0 Å². The second-order valence-corrected chi connectivity index (χ2v) is 5.03. The normalized spacial score (nSPS) is 13.0. The van der Waals surface area contributed by atoms with Gasteiger partial charge in [-0.25, -0.2) is 4.79 Å². The summed E-state index contributed by atoms with van der Waals surface area (Å²) >= 11 is 0. The van der Waals surface area contributed by atoms with Crippen LogP contribution in [0.25, 0.3) is 0 Å². The number of hydrogen-bond acceptors (Lipinski definition) is 3. The molecular formula is C16H28O3. The van der Waals surface area contributed by atoms with Crippen LogP contribution in [-0.4, -0.2) is 25.3 Å². The van der Waals surface area contributed by atoms with Crippen molar-refractivity contribution >= 4 is 5.97 Å². The lowest BCUT2D eigenvalue weighted by molar-refractivity contribution is -0.137. The van der Waals surface area contributed by atoms with Crippen LogP contribution in [-0.2, 0) is 14.3 Å². The molecule has 0 fully saturated rings. The number of allylic oxidation sites excluding steroid dienone is 2. The van der Waals surface area contributed by atoms with Gasteiger partial charge in [-0.1, -0.05) is 17.2 Å². The Morgan fingerprint density at radius 3 is 2.53 bits per heavy atom. The van der Waals surface area contributed by atoms with Crippen LogP contribution in [0.3, 0.4) is 0 Å². The molecule has 0 aromatic rings. The molecule has 0 amide bonds. The molecule has 0 radical (unpaired) electrons. The van der Waals surface area contributed by atoms with E-state index in [1.807, 2.05) is 6.92 Å². The Morgan fingerprint density at radius 1 is 1.26 bits per heavy atom. The van der Waals surface area contributed by atoms with E-state index in [-0.39, 0.29) is 12.1 Å². The van der Waals surface area contributed by atoms with Crippen molar-refractivity contribution < 1.29 is 14.3 Å². The molecule has 0 aromatic heterocycles. The molecule has 0 spiro atoms. The first-order chi connectivity index (χ1) is 8.95. The molecule has 0 saturated carbocycles. The highest BCUT2D eigenvalue weighted by Crippen LogP contribution is 2.07. The van der Waals surface area contributed by atoms with E-state index in [1.54, 1.807) is 13.0 Å². The zero-order valence-electron chi connectivity index (χ0n) is 13.0. The highest BCUT2D eigenvalue weighted by molar-refractivity contribution is 5.82. The second kappa shape index (κ2) is 10.8. The standard InChI is InChI=1S/C16H28O3/c1-6-18-16(17)12-14(4)10-11-19-15(5)9-7-8-13(2)3/h8,12,15H,6-7,9-11H2,1-5H3/b14-12+. The molecule has 3 heteroatoms. The van der Waals surface area contributed by atoms with Crippen LogP contribution in [0, 0.1) is 0 Å². The van der Waals surface area contributed by atoms with Gasteiger partial charge in [0, 0.05) is 6.08 Å². The van der Waals surface area contributed by atoms with E-state index in [9.17, 15) is 4.79 Å². The van der Waals surface area contributed by atoms with Crippen LogP contribution < -0.4 is 0 Å². The minimum atomic E-state index is -0.267. The lowest BCUT2D eigenvalue weighted by Gasteiger charge is -2.12. The lowest BCUT2D eigenvalue weighted by atomic mass is 10.1. The van der Waals surface area contributed by atoms with Crippen molar-refractivity contribution in [3.63, 3.8) is 0 Å². The molecule has 0 aliphatic rings. The molecule has 1 atom stereocenters. The summed E-state index contributed by atoms with van der Waals surface area (Å²) in [7, 11) is 0. The number of hydrogen-bond donors (Lipinski definition) is 0. The fraction of sp³-hybridized carbons (Fsp3) is 0.688. The molecule has 0 bridgehead atoms. The van der Waals surface area contributed by atoms with Crippen LogP contribution in [0.15, 0.2) is 23.3 Å². The maximum atomic E-state index is 11.2. The summed E-state index contributed by atoms with van der Waals surface area (Å²) in [6, 6.07) is 0. The minimum absolute atomic E-state index is 0.256. The van der Waals surface area contributed by atoms with Crippen molar-refractivity contribution in [3.8, 4) is 0 Å². The predicted molar refractivity (Wildman–Crippen MR) is 79.1 cm³/mol. The van der Waals surface area contributed by atoms with Gasteiger partial charge in [-0.3, -0.25) is 0 Å². The highest BCUT2D eigenvalue weighted by Gasteiger charge is 2.02. The summed E-state index contributed by atoms with van der Waals surface area (Å²) in [5, 5.41) is 0. The predicted octanol–water partition coefficient (Wildman–Crippen LogP) is 4.04. The molecule has 0 aromatic carbocycles. The fourth-order valence-corrected chi connectivity index (χ4v) is 1.57. The maximum Gasteiger partial charge on any atom is 0.330 e. The average molecular weight is 268 g/mol. The maximum absolute atomic E-state index is 11.2. The van der Waals surface area contributed by atoms with Gasteiger partial charge in [-0.2, -0.15) is 0 Å². The molecule has 110 valence electrons. The minimum Gasteiger partial charge on any atom is -0.463 e. The van der Waals surface area contributed by atoms with Gasteiger partial charge in [0.2, 0.25) is 0 Å². The Labute approximate surface area is 117 Å². The quantitative estimate of drug-likeness (QED) is 0.360. The van der Waals surface area contributed by atoms with Crippen LogP contribution in [0.4, 0.5) is 0 Å². The van der Waals surface area contributed by atoms with E-state index in [4.69, 9.17) is 9.47 Å². The van der Waals surface area contributed by atoms with Crippen LogP contribution in [0.5, 0.6) is 0 Å². The monoisotopic (exact) mass is 268 g/mol. The fourth-order valence-electron chi connectivity index (χ4n) is 1.57. The van der Waals surface area contributed by atoms with Crippen LogP contribution in [0.2, 0.25) is 0 Å². The third-order valence-electron chi connectivity index (χ3n) is 2.68. The van der Waals surface area contributed by atoms with Crippen molar-refractivity contribution in [1.29, 1.82) is 0 Å². The molecule has 0 heterocycles. The van der Waals surface area contributed by atoms with E-state index >= 15 is 0 Å². The third kappa shape index (κ3) is 11.7. The molecule has 0 saturated heterocycles. The van der Waals surface area contributed by atoms with Gasteiger partial charge in [0.15, 0.2) is 0 Å². The zero-order valence-corrected chi connectivity index (χ0v) is 13.0. The molecule has 1 unspecified atom stereocenters. The first kappa shape index (κ1) is 17.9. The first-order valence-corrected chi connectivity index (χ1v) is 7.04. The largest absolute Gasteiger partial charge is 0.463 e. The van der Waals surface area contributed by atoms with E-state index in [1.165, 1.54) is 5.57 Å². The van der Waals surface area contributed by atoms with Gasteiger partial charge in [-0.05, 0) is 53.9 Å². The molecule has 0 N–H and O–H groups in total. The number of carbonyl (C=O) groups excluding carboxylic acids is 1. The summed E-state index contributed by atoms with van der Waals surface area (Å²) in [6.45, 7) is 11.1. The van der Waals surface area contributed by atoms with Crippen LogP contribution in [0.1, 0.15) is 53.9 Å². The Morgan fingerprint density at radius 2 is 1.95 bits per heavy atom. The topological polar surface area (TPSA) is 35.5 Å². The van der Waals surface area contributed by atoms with Crippen molar-refractivity contribution in [2.75, 3.05) is 13.2 Å². The number of carbonyl (C=O) groups is 1. The molecule has 0 rings (SSSR count). The molecule has 0 aliphatic heterocycles. The van der Waals surface area contributed by atoms with E-state index in [0.29, 0.717) is 13.2 Å². The molecular weight excluding hydrogens is 240 g/mol. The van der Waals surface area contributed by atoms with Crippen molar-refractivity contribution in [1.82, 2.24) is 0 Å². The molecule has 0 aliphatic carbocycles. The van der Waals surface area contributed by atoms with Crippen molar-refractivity contribution in [2.24, 2.45) is 0 Å². The van der Waals surface area contributed by atoms with Crippen LogP contribution >= 0.6 is 0 Å². The summed E-state index contributed by atoms with van der Waals surface area (Å²) in [6.07, 6.45) is 6.89. The van der Waals surface area contributed by atoms with Gasteiger partial charge in [0.05, 0.1) is 19.3 Å². The summed E-state index contributed by atoms with van der Waals surface area (Å²) in [5.41, 5.74) is 2.34. The Bertz CT molecular complexity index is 312. The average Bonchev–Trinajstić information content (AvgIpc) is 2.28. The number of esters is 1. The number of ether oxygens (including phenoxy) is 2. The third-order valence-corrected chi connectivity index (χ3v) is 2.68. The van der Waals surface area contributed by atoms with Gasteiger partial charge in [-0.15, -0.1) is 0 Å². The van der Waals surface area contributed by atoms with Gasteiger partial charge in [0.25, 0.3) is 0 Å². The van der Waals surface area contributed by atoms with E-state index in [2.05, 4.69) is 26.8 Å². The van der Waals surface area contributed by atoms with Gasteiger partial charge >= 0.3 is 5.97 Å². The summed E-state index contributed by atoms with van der Waals surface area (Å²) < 4.78 is 10.6. The Balaban J connectivity index is 3.77. The van der Waals surface area contributed by atoms with E-state index < -0.39 is 0 Å². The Hall–Kier alpha value is -1.09. The highest BCUT2D eigenvalue weighted by atomic mass is 16.5. The van der Waals surface area contributed by atoms with Gasteiger partial charge < -0.3 is 9.47 Å². The summed E-state index contributed by atoms with van der Waals surface area (Å²) in [4.78, 5) is 11.2. The molecule has 19 heavy (non-hydrogen) atoms. The molecule has 3 nitrogen and oxygen atoms in total. The summed E-state index contributed by atoms with van der Waals surface area (Å²) in [5.74, 6) is -0.267. The zero-order chi connectivity index (χ0) is 14.7. The number of rotatable bonds is 9. The first-order valence-electron chi connectivity index (χ1n) is 7.04. The second-order valence-electron chi connectivity index (χ2n) is 5.03. The SMILES string of the molecule is CCOC(=O)/C=C(\C)CCOC(C)CCC=C(C)C. The van der Waals surface area contributed by atoms with Crippen molar-refractivity contribution in [3.05, 3.63) is 23.3 Å². The smallest absolute Gasteiger partial charge is 0.330 e. The van der Waals surface area contributed by atoms with Crippen molar-refractivity contribution in [2.45, 2.75) is 60.0 Å². The lowest BCUT2D eigenvalue weighted by Crippen LogP contribution is -2.09. The Kier molecular flexibility index (Phi) is 10.2. The van der Waals surface area contributed by atoms with E-state index in [0.717, 1.165) is 24.8 Å².